The Labute approximate surface area is 143 Å². The second kappa shape index (κ2) is 9.80. The number of anilines is 1. The monoisotopic (exact) mass is 337 g/mol. The Morgan fingerprint density at radius 2 is 2.00 bits per heavy atom. The number of rotatable bonds is 7. The van der Waals surface area contributed by atoms with Gasteiger partial charge in [-0.25, -0.2) is 4.79 Å². The summed E-state index contributed by atoms with van der Waals surface area (Å²) >= 11 is 2.04. The van der Waals surface area contributed by atoms with Gasteiger partial charge in [0.15, 0.2) is 0 Å². The van der Waals surface area contributed by atoms with E-state index in [0.29, 0.717) is 6.61 Å². The molecule has 5 nitrogen and oxygen atoms in total. The molecule has 1 aromatic rings. The first kappa shape index (κ1) is 18.1. The van der Waals surface area contributed by atoms with Gasteiger partial charge >= 0.3 is 6.03 Å². The van der Waals surface area contributed by atoms with Crippen LogP contribution >= 0.6 is 11.8 Å². The lowest BCUT2D eigenvalue weighted by atomic mass is 10.1. The molecule has 0 bridgehead atoms. The van der Waals surface area contributed by atoms with Gasteiger partial charge in [0.1, 0.15) is 0 Å². The molecule has 23 heavy (non-hydrogen) atoms. The normalized spacial score (nSPS) is 16.8. The topological polar surface area (TPSA) is 53.6 Å². The van der Waals surface area contributed by atoms with E-state index in [4.69, 9.17) is 4.74 Å². The van der Waals surface area contributed by atoms with Crippen molar-refractivity contribution in [1.29, 1.82) is 0 Å². The molecule has 0 aliphatic carbocycles. The smallest absolute Gasteiger partial charge is 0.319 e. The Morgan fingerprint density at radius 1 is 1.30 bits per heavy atom. The van der Waals surface area contributed by atoms with Crippen molar-refractivity contribution >= 4 is 23.5 Å². The molecule has 1 fully saturated rings. The Hall–Kier alpha value is -1.24. The van der Waals surface area contributed by atoms with E-state index in [-0.39, 0.29) is 12.1 Å². The van der Waals surface area contributed by atoms with Crippen molar-refractivity contribution in [3.05, 3.63) is 29.8 Å². The van der Waals surface area contributed by atoms with Gasteiger partial charge in [-0.15, -0.1) is 0 Å². The van der Waals surface area contributed by atoms with E-state index in [0.717, 1.165) is 18.7 Å². The third-order valence-electron chi connectivity index (χ3n) is 3.83. The van der Waals surface area contributed by atoms with E-state index in [1.165, 1.54) is 30.2 Å². The van der Waals surface area contributed by atoms with Crippen molar-refractivity contribution in [1.82, 2.24) is 10.2 Å². The number of nitrogens with one attached hydrogen (secondary N) is 2. The fourth-order valence-electron chi connectivity index (χ4n) is 2.55. The lowest BCUT2D eigenvalue weighted by Gasteiger charge is -2.26. The zero-order valence-electron chi connectivity index (χ0n) is 14.0. The first-order valence-electron chi connectivity index (χ1n) is 8.13. The highest BCUT2D eigenvalue weighted by molar-refractivity contribution is 7.99. The second-order valence-corrected chi connectivity index (χ2v) is 7.08. The Bertz CT molecular complexity index is 475. The number of benzene rings is 1. The molecule has 0 spiro atoms. The van der Waals surface area contributed by atoms with Crippen LogP contribution in [0, 0.1) is 0 Å². The molecule has 1 saturated heterocycles. The van der Waals surface area contributed by atoms with Gasteiger partial charge in [-0.2, -0.15) is 11.8 Å². The molecule has 0 radical (unpaired) electrons. The summed E-state index contributed by atoms with van der Waals surface area (Å²) in [5.74, 6) is 2.50. The third kappa shape index (κ3) is 6.81. The lowest BCUT2D eigenvalue weighted by molar-refractivity contribution is 0.173. The molecule has 1 heterocycles. The summed E-state index contributed by atoms with van der Waals surface area (Å²) in [6, 6.07) is 7.89. The van der Waals surface area contributed by atoms with Crippen molar-refractivity contribution in [3.63, 3.8) is 0 Å². The minimum absolute atomic E-state index is 0.0121. The maximum Gasteiger partial charge on any atom is 0.319 e. The number of ether oxygens (including phenoxy) is 1. The van der Waals surface area contributed by atoms with Crippen LogP contribution in [0.25, 0.3) is 0 Å². The van der Waals surface area contributed by atoms with Crippen LogP contribution in [0.15, 0.2) is 24.3 Å². The van der Waals surface area contributed by atoms with Gasteiger partial charge in [0.25, 0.3) is 0 Å². The van der Waals surface area contributed by atoms with E-state index in [2.05, 4.69) is 27.7 Å². The van der Waals surface area contributed by atoms with Crippen LogP contribution in [0.1, 0.15) is 12.5 Å². The van der Waals surface area contributed by atoms with E-state index in [1.54, 1.807) is 7.11 Å². The molecule has 0 saturated carbocycles. The van der Waals surface area contributed by atoms with Crippen molar-refractivity contribution in [2.45, 2.75) is 19.4 Å². The van der Waals surface area contributed by atoms with Gasteiger partial charge < -0.3 is 20.3 Å². The summed E-state index contributed by atoms with van der Waals surface area (Å²) in [7, 11) is 1.62. The van der Waals surface area contributed by atoms with Crippen molar-refractivity contribution in [2.75, 3.05) is 50.2 Å². The standard InChI is InChI=1S/C17H27N3O2S/c1-14(13-22-2)18-17(21)19-16-5-3-15(4-6-16)7-8-20-9-11-23-12-10-20/h3-6,14H,7-13H2,1-2H3,(H2,18,19,21). The van der Waals surface area contributed by atoms with Crippen molar-refractivity contribution in [3.8, 4) is 0 Å². The van der Waals surface area contributed by atoms with E-state index < -0.39 is 0 Å². The predicted octanol–water partition coefficient (Wildman–Crippen LogP) is 2.43. The van der Waals surface area contributed by atoms with Crippen molar-refractivity contribution < 1.29 is 9.53 Å². The number of carbonyl (C=O) groups is 1. The average Bonchev–Trinajstić information content (AvgIpc) is 2.55. The van der Waals surface area contributed by atoms with Gasteiger partial charge in [0.2, 0.25) is 0 Å². The molecule has 2 amide bonds. The number of urea groups is 1. The summed E-state index contributed by atoms with van der Waals surface area (Å²) in [6.45, 7) is 5.92. The highest BCUT2D eigenvalue weighted by atomic mass is 32.2. The summed E-state index contributed by atoms with van der Waals surface area (Å²) < 4.78 is 5.00. The number of amides is 2. The number of methoxy groups -OCH3 is 1. The fraction of sp³-hybridized carbons (Fsp3) is 0.588. The van der Waals surface area contributed by atoms with Gasteiger partial charge in [0.05, 0.1) is 12.6 Å². The van der Waals surface area contributed by atoms with Crippen LogP contribution in [-0.2, 0) is 11.2 Å². The SMILES string of the molecule is COCC(C)NC(=O)Nc1ccc(CCN2CCSCC2)cc1. The first-order valence-corrected chi connectivity index (χ1v) is 9.28. The van der Waals surface area contributed by atoms with Crippen LogP contribution in [0.2, 0.25) is 0 Å². The molecule has 128 valence electrons. The molecule has 1 atom stereocenters. The molecule has 2 rings (SSSR count). The summed E-state index contributed by atoms with van der Waals surface area (Å²) in [5.41, 5.74) is 2.12. The van der Waals surface area contributed by atoms with Gasteiger partial charge in [-0.05, 0) is 31.0 Å². The molecule has 6 heteroatoms. The molecule has 1 aliphatic rings. The van der Waals surface area contributed by atoms with Crippen molar-refractivity contribution in [2.24, 2.45) is 0 Å². The number of hydrogen-bond acceptors (Lipinski definition) is 4. The fourth-order valence-corrected chi connectivity index (χ4v) is 3.53. The van der Waals surface area contributed by atoms with E-state index in [9.17, 15) is 4.79 Å². The van der Waals surface area contributed by atoms with Gasteiger partial charge in [0, 0.05) is 43.9 Å². The largest absolute Gasteiger partial charge is 0.383 e. The lowest BCUT2D eigenvalue weighted by Crippen LogP contribution is -2.38. The maximum absolute atomic E-state index is 11.8. The van der Waals surface area contributed by atoms with Gasteiger partial charge in [-0.3, -0.25) is 0 Å². The second-order valence-electron chi connectivity index (χ2n) is 5.86. The van der Waals surface area contributed by atoms with Crippen LogP contribution < -0.4 is 10.6 Å². The van der Waals surface area contributed by atoms with Crippen LogP contribution in [0.3, 0.4) is 0 Å². The minimum Gasteiger partial charge on any atom is -0.383 e. The quantitative estimate of drug-likeness (QED) is 0.802. The maximum atomic E-state index is 11.8. The minimum atomic E-state index is -0.201. The van der Waals surface area contributed by atoms with Crippen LogP contribution in [0.5, 0.6) is 0 Å². The molecule has 0 aromatic heterocycles. The Balaban J connectivity index is 1.74. The number of carbonyl (C=O) groups excluding carboxylic acids is 1. The molecular weight excluding hydrogens is 310 g/mol. The zero-order chi connectivity index (χ0) is 16.5. The molecule has 2 N–H and O–H groups in total. The van der Waals surface area contributed by atoms with Crippen LogP contribution in [0.4, 0.5) is 10.5 Å². The summed E-state index contributed by atoms with van der Waals surface area (Å²) in [4.78, 5) is 14.3. The molecular formula is C17H27N3O2S. The average molecular weight is 337 g/mol. The van der Waals surface area contributed by atoms with Crippen LogP contribution in [-0.4, -0.2) is 61.8 Å². The van der Waals surface area contributed by atoms with Gasteiger partial charge in [-0.1, -0.05) is 12.1 Å². The summed E-state index contributed by atoms with van der Waals surface area (Å²) in [6.07, 6.45) is 1.06. The van der Waals surface area contributed by atoms with E-state index >= 15 is 0 Å². The van der Waals surface area contributed by atoms with E-state index in [1.807, 2.05) is 30.8 Å². The summed E-state index contributed by atoms with van der Waals surface area (Å²) in [5, 5.41) is 5.67. The third-order valence-corrected chi connectivity index (χ3v) is 4.77. The number of thioether (sulfide) groups is 1. The predicted molar refractivity (Wildman–Crippen MR) is 97.4 cm³/mol. The Kier molecular flexibility index (Phi) is 7.71. The number of nitrogens with zero attached hydrogens (tertiary/aromatic N) is 1. The highest BCUT2D eigenvalue weighted by Crippen LogP contribution is 2.13. The molecule has 1 aromatic carbocycles. The number of hydrogen-bond donors (Lipinski definition) is 2. The zero-order valence-corrected chi connectivity index (χ0v) is 14.8. The highest BCUT2D eigenvalue weighted by Gasteiger charge is 2.10. The Morgan fingerprint density at radius 3 is 2.65 bits per heavy atom. The molecule has 1 unspecified atom stereocenters. The molecule has 1 aliphatic heterocycles. The first-order chi connectivity index (χ1) is 11.2.